The zero-order valence-electron chi connectivity index (χ0n) is 13.1. The molecule has 0 bridgehead atoms. The van der Waals surface area contributed by atoms with Gasteiger partial charge in [0.1, 0.15) is 17.7 Å². The molecule has 3 heterocycles. The summed E-state index contributed by atoms with van der Waals surface area (Å²) in [6.45, 7) is 1.52. The van der Waals surface area contributed by atoms with E-state index in [9.17, 15) is 0 Å². The van der Waals surface area contributed by atoms with Crippen molar-refractivity contribution in [1.82, 2.24) is 20.1 Å². The van der Waals surface area contributed by atoms with E-state index in [4.69, 9.17) is 9.26 Å². The van der Waals surface area contributed by atoms with Gasteiger partial charge in [0, 0.05) is 24.9 Å². The van der Waals surface area contributed by atoms with Gasteiger partial charge in [-0.1, -0.05) is 35.5 Å². The normalized spacial score (nSPS) is 17.1. The summed E-state index contributed by atoms with van der Waals surface area (Å²) in [5.74, 6) is 1.60. The van der Waals surface area contributed by atoms with Crippen LogP contribution in [0.3, 0.4) is 0 Å². The van der Waals surface area contributed by atoms with Crippen molar-refractivity contribution in [1.29, 1.82) is 0 Å². The average Bonchev–Trinajstić information content (AvgIpc) is 3.33. The Bertz CT molecular complexity index is 800. The molecular weight excluding hydrogens is 306 g/mol. The van der Waals surface area contributed by atoms with Gasteiger partial charge in [0.25, 0.3) is 5.89 Å². The molecule has 1 atom stereocenters. The van der Waals surface area contributed by atoms with Gasteiger partial charge >= 0.3 is 0 Å². The number of benzene rings is 1. The number of anilines is 1. The SMILES string of the molecule is c1ccc(-c2noc(-c3cncnc3NCC3CCCO3)n2)cc1. The summed E-state index contributed by atoms with van der Waals surface area (Å²) in [4.78, 5) is 12.8. The fourth-order valence-electron chi connectivity index (χ4n) is 2.68. The van der Waals surface area contributed by atoms with E-state index in [2.05, 4.69) is 25.4 Å². The summed E-state index contributed by atoms with van der Waals surface area (Å²) in [5.41, 5.74) is 1.59. The minimum absolute atomic E-state index is 0.218. The smallest absolute Gasteiger partial charge is 0.263 e. The van der Waals surface area contributed by atoms with Gasteiger partial charge in [0.05, 0.1) is 6.10 Å². The summed E-state index contributed by atoms with van der Waals surface area (Å²) >= 11 is 0. The first kappa shape index (κ1) is 14.8. The number of hydrogen-bond acceptors (Lipinski definition) is 7. The van der Waals surface area contributed by atoms with Crippen LogP contribution in [0, 0.1) is 0 Å². The number of nitrogens with zero attached hydrogens (tertiary/aromatic N) is 4. The Labute approximate surface area is 139 Å². The molecule has 0 spiro atoms. The van der Waals surface area contributed by atoms with Crippen LogP contribution >= 0.6 is 0 Å². The topological polar surface area (TPSA) is 86.0 Å². The standard InChI is InChI=1S/C17H17N5O2/c1-2-5-12(6-3-1)15-21-17(24-22-15)14-10-18-11-20-16(14)19-9-13-7-4-8-23-13/h1-3,5-6,10-11,13H,4,7-9H2,(H,18,19,20). The van der Waals surface area contributed by atoms with Crippen LogP contribution in [0.2, 0.25) is 0 Å². The molecule has 0 saturated carbocycles. The van der Waals surface area contributed by atoms with Crippen molar-refractivity contribution >= 4 is 5.82 Å². The van der Waals surface area contributed by atoms with Gasteiger partial charge in [-0.15, -0.1) is 0 Å². The second-order valence-electron chi connectivity index (χ2n) is 5.59. The molecule has 3 aromatic rings. The third-order valence-electron chi connectivity index (χ3n) is 3.92. The maximum atomic E-state index is 5.62. The summed E-state index contributed by atoms with van der Waals surface area (Å²) < 4.78 is 11.0. The minimum atomic E-state index is 0.218. The second-order valence-corrected chi connectivity index (χ2v) is 5.59. The molecule has 4 rings (SSSR count). The lowest BCUT2D eigenvalue weighted by Gasteiger charge is -2.12. The van der Waals surface area contributed by atoms with Gasteiger partial charge in [0.2, 0.25) is 5.82 Å². The third kappa shape index (κ3) is 3.11. The molecular formula is C17H17N5O2. The number of nitrogens with one attached hydrogen (secondary N) is 1. The highest BCUT2D eigenvalue weighted by Gasteiger charge is 2.18. The maximum absolute atomic E-state index is 5.62. The minimum Gasteiger partial charge on any atom is -0.376 e. The molecule has 24 heavy (non-hydrogen) atoms. The summed E-state index contributed by atoms with van der Waals surface area (Å²) in [6.07, 6.45) is 5.55. The largest absolute Gasteiger partial charge is 0.376 e. The quantitative estimate of drug-likeness (QED) is 0.772. The Balaban J connectivity index is 1.56. The van der Waals surface area contributed by atoms with Gasteiger partial charge < -0.3 is 14.6 Å². The van der Waals surface area contributed by atoms with Gasteiger partial charge in [-0.25, -0.2) is 9.97 Å². The predicted molar refractivity (Wildman–Crippen MR) is 88.2 cm³/mol. The average molecular weight is 323 g/mol. The van der Waals surface area contributed by atoms with E-state index >= 15 is 0 Å². The van der Waals surface area contributed by atoms with Crippen LogP contribution < -0.4 is 5.32 Å². The molecule has 1 unspecified atom stereocenters. The highest BCUT2D eigenvalue weighted by atomic mass is 16.5. The molecule has 122 valence electrons. The van der Waals surface area contributed by atoms with Crippen molar-refractivity contribution in [3.05, 3.63) is 42.9 Å². The fourth-order valence-corrected chi connectivity index (χ4v) is 2.68. The predicted octanol–water partition coefficient (Wildman–Crippen LogP) is 2.78. The van der Waals surface area contributed by atoms with E-state index in [-0.39, 0.29) is 6.10 Å². The van der Waals surface area contributed by atoms with E-state index in [1.807, 2.05) is 30.3 Å². The molecule has 1 aliphatic rings. The lowest BCUT2D eigenvalue weighted by molar-refractivity contribution is 0.120. The summed E-state index contributed by atoms with van der Waals surface area (Å²) in [5, 5.41) is 7.35. The molecule has 0 radical (unpaired) electrons. The number of rotatable bonds is 5. The molecule has 1 aromatic carbocycles. The number of ether oxygens (including phenoxy) is 1. The van der Waals surface area contributed by atoms with Crippen LogP contribution in [0.5, 0.6) is 0 Å². The first-order valence-electron chi connectivity index (χ1n) is 7.95. The Morgan fingerprint density at radius 1 is 1.21 bits per heavy atom. The lowest BCUT2D eigenvalue weighted by Crippen LogP contribution is -2.19. The van der Waals surface area contributed by atoms with E-state index in [1.165, 1.54) is 6.33 Å². The van der Waals surface area contributed by atoms with Gasteiger partial charge in [0.15, 0.2) is 0 Å². The van der Waals surface area contributed by atoms with E-state index in [0.29, 0.717) is 29.6 Å². The molecule has 0 amide bonds. The Hall–Kier alpha value is -2.80. The Morgan fingerprint density at radius 3 is 2.96 bits per heavy atom. The molecule has 2 aromatic heterocycles. The lowest BCUT2D eigenvalue weighted by atomic mass is 10.2. The van der Waals surface area contributed by atoms with Gasteiger partial charge in [-0.2, -0.15) is 4.98 Å². The molecule has 1 saturated heterocycles. The zero-order chi connectivity index (χ0) is 16.2. The van der Waals surface area contributed by atoms with Crippen molar-refractivity contribution < 1.29 is 9.26 Å². The number of aromatic nitrogens is 4. The van der Waals surface area contributed by atoms with E-state index in [1.54, 1.807) is 6.20 Å². The second kappa shape index (κ2) is 6.76. The van der Waals surface area contributed by atoms with Crippen LogP contribution in [0.4, 0.5) is 5.82 Å². The molecule has 0 aliphatic carbocycles. The molecule has 1 aliphatic heterocycles. The molecule has 1 fully saturated rings. The monoisotopic (exact) mass is 323 g/mol. The Kier molecular flexibility index (Phi) is 4.16. The molecule has 7 heteroatoms. The molecule has 1 N–H and O–H groups in total. The van der Waals surface area contributed by atoms with E-state index < -0.39 is 0 Å². The van der Waals surface area contributed by atoms with Crippen LogP contribution in [-0.2, 0) is 4.74 Å². The first-order valence-corrected chi connectivity index (χ1v) is 7.95. The third-order valence-corrected chi connectivity index (χ3v) is 3.92. The summed E-state index contributed by atoms with van der Waals surface area (Å²) in [6, 6.07) is 9.69. The van der Waals surface area contributed by atoms with Crippen LogP contribution in [0.15, 0.2) is 47.4 Å². The van der Waals surface area contributed by atoms with Crippen LogP contribution in [0.1, 0.15) is 12.8 Å². The van der Waals surface area contributed by atoms with Crippen molar-refractivity contribution in [3.8, 4) is 22.8 Å². The van der Waals surface area contributed by atoms with Crippen LogP contribution in [0.25, 0.3) is 22.8 Å². The fraction of sp³-hybridized carbons (Fsp3) is 0.294. The van der Waals surface area contributed by atoms with Gasteiger partial charge in [-0.3, -0.25) is 0 Å². The van der Waals surface area contributed by atoms with E-state index in [0.717, 1.165) is 25.0 Å². The first-order chi connectivity index (χ1) is 11.9. The van der Waals surface area contributed by atoms with Crippen LogP contribution in [-0.4, -0.2) is 39.4 Å². The number of hydrogen-bond donors (Lipinski definition) is 1. The van der Waals surface area contributed by atoms with Crippen molar-refractivity contribution in [2.45, 2.75) is 18.9 Å². The molecule has 7 nitrogen and oxygen atoms in total. The highest BCUT2D eigenvalue weighted by molar-refractivity contribution is 5.69. The van der Waals surface area contributed by atoms with Crippen molar-refractivity contribution in [3.63, 3.8) is 0 Å². The van der Waals surface area contributed by atoms with Gasteiger partial charge in [-0.05, 0) is 12.8 Å². The van der Waals surface area contributed by atoms with Crippen molar-refractivity contribution in [2.75, 3.05) is 18.5 Å². The zero-order valence-corrected chi connectivity index (χ0v) is 13.1. The maximum Gasteiger partial charge on any atom is 0.263 e. The Morgan fingerprint density at radius 2 is 2.12 bits per heavy atom. The van der Waals surface area contributed by atoms with Crippen molar-refractivity contribution in [2.24, 2.45) is 0 Å². The highest BCUT2D eigenvalue weighted by Crippen LogP contribution is 2.26. The summed E-state index contributed by atoms with van der Waals surface area (Å²) in [7, 11) is 0.